The molecular formula is C8H15F3N2O2S. The van der Waals surface area contributed by atoms with Crippen LogP contribution < -0.4 is 11.1 Å². The lowest BCUT2D eigenvalue weighted by Gasteiger charge is -2.26. The molecule has 0 aliphatic heterocycles. The van der Waals surface area contributed by atoms with Crippen molar-refractivity contribution in [2.45, 2.75) is 25.6 Å². The first kappa shape index (κ1) is 15.4. The van der Waals surface area contributed by atoms with Crippen molar-refractivity contribution in [2.75, 3.05) is 18.1 Å². The van der Waals surface area contributed by atoms with Gasteiger partial charge >= 0.3 is 6.18 Å². The Morgan fingerprint density at radius 1 is 1.44 bits per heavy atom. The van der Waals surface area contributed by atoms with E-state index in [4.69, 9.17) is 5.73 Å². The highest BCUT2D eigenvalue weighted by atomic mass is 32.2. The molecule has 0 bridgehead atoms. The molecular weight excluding hydrogens is 245 g/mol. The minimum absolute atomic E-state index is 0.0812. The third kappa shape index (κ3) is 4.09. The predicted octanol–water partition coefficient (Wildman–Crippen LogP) is 0.151. The first-order valence-electron chi connectivity index (χ1n) is 4.61. The molecule has 0 aromatic heterocycles. The van der Waals surface area contributed by atoms with Gasteiger partial charge in [0.15, 0.2) is 5.54 Å². The molecule has 0 spiro atoms. The van der Waals surface area contributed by atoms with Gasteiger partial charge in [-0.15, -0.1) is 0 Å². The van der Waals surface area contributed by atoms with Crippen molar-refractivity contribution in [1.29, 1.82) is 0 Å². The summed E-state index contributed by atoms with van der Waals surface area (Å²) >= 11 is 0. The van der Waals surface area contributed by atoms with E-state index in [0.717, 1.165) is 0 Å². The highest BCUT2D eigenvalue weighted by Crippen LogP contribution is 2.27. The molecule has 0 aliphatic carbocycles. The fourth-order valence-corrected chi connectivity index (χ4v) is 1.35. The van der Waals surface area contributed by atoms with Gasteiger partial charge in [-0.1, -0.05) is 6.92 Å². The number of hydrogen-bond acceptors (Lipinski definition) is 3. The molecule has 0 radical (unpaired) electrons. The van der Waals surface area contributed by atoms with Gasteiger partial charge in [0.1, 0.15) is 0 Å². The number of nitrogens with two attached hydrogens (primary N) is 1. The van der Waals surface area contributed by atoms with Crippen LogP contribution in [0.4, 0.5) is 13.2 Å². The second-order valence-electron chi connectivity index (χ2n) is 3.39. The zero-order valence-corrected chi connectivity index (χ0v) is 9.87. The summed E-state index contributed by atoms with van der Waals surface area (Å²) in [4.78, 5) is 11.1. The zero-order chi connectivity index (χ0) is 13.0. The van der Waals surface area contributed by atoms with Crippen LogP contribution in [0.15, 0.2) is 0 Å². The van der Waals surface area contributed by atoms with Crippen LogP contribution in [-0.4, -0.2) is 39.9 Å². The summed E-state index contributed by atoms with van der Waals surface area (Å²) in [5, 5.41) is 2.02. The molecule has 8 heteroatoms. The highest BCUT2D eigenvalue weighted by Gasteiger charge is 2.53. The Labute approximate surface area is 94.2 Å². The van der Waals surface area contributed by atoms with E-state index in [-0.39, 0.29) is 12.3 Å². The Morgan fingerprint density at radius 3 is 2.31 bits per heavy atom. The number of rotatable bonds is 5. The summed E-state index contributed by atoms with van der Waals surface area (Å²) in [6.45, 7) is 2.20. The number of nitrogens with one attached hydrogen (secondary N) is 1. The maximum Gasteiger partial charge on any atom is 0.415 e. The van der Waals surface area contributed by atoms with E-state index < -0.39 is 28.4 Å². The van der Waals surface area contributed by atoms with Crippen LogP contribution in [0.1, 0.15) is 13.8 Å². The van der Waals surface area contributed by atoms with Crippen molar-refractivity contribution < 1.29 is 22.2 Å². The van der Waals surface area contributed by atoms with Gasteiger partial charge in [0.2, 0.25) is 5.91 Å². The summed E-state index contributed by atoms with van der Waals surface area (Å²) in [5.41, 5.74) is 1.96. The van der Waals surface area contributed by atoms with E-state index in [1.807, 2.05) is 5.32 Å². The molecule has 0 aromatic carbocycles. The minimum atomic E-state index is -4.80. The molecule has 1 amide bonds. The van der Waals surface area contributed by atoms with E-state index in [1.54, 1.807) is 6.92 Å². The first-order valence-corrected chi connectivity index (χ1v) is 6.10. The van der Waals surface area contributed by atoms with Gasteiger partial charge in [0, 0.05) is 28.9 Å². The third-order valence-corrected chi connectivity index (χ3v) is 3.30. The van der Waals surface area contributed by atoms with E-state index in [1.165, 1.54) is 0 Å². The topological polar surface area (TPSA) is 72.2 Å². The Hall–Kier alpha value is -0.630. The second-order valence-corrected chi connectivity index (χ2v) is 5.25. The molecule has 16 heavy (non-hydrogen) atoms. The standard InChI is InChI=1S/C8H15F3N2O2S/c1-3-16(15)5-4-13-6(14)7(2,12)8(9,10)11/h3-5,12H2,1-2H3,(H,13,14). The molecule has 0 heterocycles. The SMILES string of the molecule is CCS(=O)CCNC(=O)C(C)(N)C(F)(F)F. The molecule has 96 valence electrons. The smallest absolute Gasteiger partial charge is 0.353 e. The molecule has 2 unspecified atom stereocenters. The van der Waals surface area contributed by atoms with Gasteiger partial charge in [-0.05, 0) is 6.92 Å². The normalized spacial score (nSPS) is 17.6. The van der Waals surface area contributed by atoms with Crippen LogP contribution in [0.3, 0.4) is 0 Å². The highest BCUT2D eigenvalue weighted by molar-refractivity contribution is 7.84. The summed E-state index contributed by atoms with van der Waals surface area (Å²) in [6, 6.07) is 0. The summed E-state index contributed by atoms with van der Waals surface area (Å²) in [6.07, 6.45) is -4.80. The number of alkyl halides is 3. The number of hydrogen-bond donors (Lipinski definition) is 2. The van der Waals surface area contributed by atoms with Crippen LogP contribution >= 0.6 is 0 Å². The maximum atomic E-state index is 12.3. The average Bonchev–Trinajstić information content (AvgIpc) is 2.15. The van der Waals surface area contributed by atoms with E-state index >= 15 is 0 Å². The van der Waals surface area contributed by atoms with Gasteiger partial charge in [0.25, 0.3) is 0 Å². The molecule has 0 rings (SSSR count). The van der Waals surface area contributed by atoms with Crippen molar-refractivity contribution >= 4 is 16.7 Å². The Bertz CT molecular complexity index is 279. The number of carbonyl (C=O) groups excluding carboxylic acids is 1. The van der Waals surface area contributed by atoms with Crippen molar-refractivity contribution in [3.8, 4) is 0 Å². The molecule has 0 fully saturated rings. The fourth-order valence-electron chi connectivity index (χ4n) is 0.735. The fraction of sp³-hybridized carbons (Fsp3) is 0.875. The van der Waals surface area contributed by atoms with Crippen LogP contribution in [0, 0.1) is 0 Å². The number of carbonyl (C=O) groups is 1. The minimum Gasteiger partial charge on any atom is -0.353 e. The molecule has 0 aliphatic rings. The maximum absolute atomic E-state index is 12.3. The van der Waals surface area contributed by atoms with Gasteiger partial charge < -0.3 is 11.1 Å². The molecule has 0 saturated heterocycles. The summed E-state index contributed by atoms with van der Waals surface area (Å²) < 4.78 is 47.8. The van der Waals surface area contributed by atoms with Crippen LogP contribution in [0.2, 0.25) is 0 Å². The lowest BCUT2D eigenvalue weighted by Crippen LogP contribution is -2.61. The second kappa shape index (κ2) is 5.62. The van der Waals surface area contributed by atoms with E-state index in [2.05, 4.69) is 0 Å². The Kier molecular flexibility index (Phi) is 5.40. The monoisotopic (exact) mass is 260 g/mol. The van der Waals surface area contributed by atoms with Gasteiger partial charge in [-0.2, -0.15) is 13.2 Å². The zero-order valence-electron chi connectivity index (χ0n) is 9.06. The van der Waals surface area contributed by atoms with Crippen LogP contribution in [-0.2, 0) is 15.6 Å². The number of halogens is 3. The lowest BCUT2D eigenvalue weighted by molar-refractivity contribution is -0.187. The third-order valence-electron chi connectivity index (χ3n) is 2.00. The van der Waals surface area contributed by atoms with E-state index in [0.29, 0.717) is 12.7 Å². The van der Waals surface area contributed by atoms with Crippen molar-refractivity contribution in [3.05, 3.63) is 0 Å². The molecule has 0 aromatic rings. The molecule has 3 N–H and O–H groups in total. The van der Waals surface area contributed by atoms with Crippen molar-refractivity contribution in [1.82, 2.24) is 5.32 Å². The molecule has 2 atom stereocenters. The Balaban J connectivity index is 4.22. The molecule has 0 saturated carbocycles. The van der Waals surface area contributed by atoms with E-state index in [9.17, 15) is 22.2 Å². The lowest BCUT2D eigenvalue weighted by atomic mass is 10.0. The Morgan fingerprint density at radius 2 is 1.94 bits per heavy atom. The van der Waals surface area contributed by atoms with Crippen molar-refractivity contribution in [2.24, 2.45) is 5.73 Å². The van der Waals surface area contributed by atoms with Crippen LogP contribution in [0.25, 0.3) is 0 Å². The first-order chi connectivity index (χ1) is 7.13. The van der Waals surface area contributed by atoms with Gasteiger partial charge in [-0.25, -0.2) is 0 Å². The largest absolute Gasteiger partial charge is 0.415 e. The summed E-state index contributed by atoms with van der Waals surface area (Å²) in [7, 11) is -1.13. The average molecular weight is 260 g/mol. The van der Waals surface area contributed by atoms with Gasteiger partial charge in [-0.3, -0.25) is 9.00 Å². The number of amides is 1. The quantitative estimate of drug-likeness (QED) is 0.739. The summed E-state index contributed by atoms with van der Waals surface area (Å²) in [5.74, 6) is -0.793. The van der Waals surface area contributed by atoms with Crippen molar-refractivity contribution in [3.63, 3.8) is 0 Å². The van der Waals surface area contributed by atoms with Gasteiger partial charge in [0.05, 0.1) is 0 Å². The molecule has 4 nitrogen and oxygen atoms in total. The van der Waals surface area contributed by atoms with Crippen LogP contribution in [0.5, 0.6) is 0 Å². The predicted molar refractivity (Wildman–Crippen MR) is 55.2 cm³/mol.